The fraction of sp³-hybridized carbons (Fsp3) is 0.267. The maximum absolute atomic E-state index is 13.0. The van der Waals surface area contributed by atoms with Crippen LogP contribution in [-0.2, 0) is 19.5 Å². The molecule has 0 heterocycles. The molecule has 1 N–H and O–H groups in total. The average molecular weight is 565 g/mol. The molecule has 0 saturated heterocycles. The summed E-state index contributed by atoms with van der Waals surface area (Å²) in [5.74, 6) is -0.422. The van der Waals surface area contributed by atoms with Gasteiger partial charge in [-0.15, -0.1) is 0 Å². The van der Waals surface area contributed by atoms with E-state index in [-0.39, 0.29) is 34.3 Å². The third-order valence-electron chi connectivity index (χ3n) is 6.79. The largest absolute Gasteiger partial charge is 0.449 e. The zero-order valence-electron chi connectivity index (χ0n) is 22.4. The Morgan fingerprint density at radius 1 is 1.00 bits per heavy atom. The summed E-state index contributed by atoms with van der Waals surface area (Å²) in [6.45, 7) is 9.50. The number of thiocarbonyl (C=S) groups is 1. The fourth-order valence-electron chi connectivity index (χ4n) is 4.51. The van der Waals surface area contributed by atoms with E-state index in [0.29, 0.717) is 0 Å². The zero-order chi connectivity index (χ0) is 28.3. The van der Waals surface area contributed by atoms with Crippen molar-refractivity contribution in [2.45, 2.75) is 37.6 Å². The van der Waals surface area contributed by atoms with Gasteiger partial charge in [-0.3, -0.25) is 0 Å². The van der Waals surface area contributed by atoms with E-state index in [1.807, 2.05) is 57.2 Å². The fourth-order valence-corrected chi connectivity index (χ4v) is 6.04. The van der Waals surface area contributed by atoms with Crippen molar-refractivity contribution in [2.24, 2.45) is 5.92 Å². The maximum atomic E-state index is 13.0. The maximum Gasteiger partial charge on any atom is 0.407 e. The molecule has 0 bridgehead atoms. The quantitative estimate of drug-likeness (QED) is 0.254. The number of hydrogen-bond donors (Lipinski definition) is 1. The SMILES string of the molecule is C=C(OC(=S)C(NC(=O)OCC1c2ccccc2-c2ccccc21)C(C)C)N(C)S(=O)(=O)c1ccc(C)cc1. The summed E-state index contributed by atoms with van der Waals surface area (Å²) >= 11 is 5.44. The second kappa shape index (κ2) is 11.6. The summed E-state index contributed by atoms with van der Waals surface area (Å²) in [5, 5.41) is 2.75. The average Bonchev–Trinajstić information content (AvgIpc) is 3.23. The summed E-state index contributed by atoms with van der Waals surface area (Å²) in [6, 6.07) is 21.9. The summed E-state index contributed by atoms with van der Waals surface area (Å²) in [4.78, 5) is 13.0. The van der Waals surface area contributed by atoms with Crippen molar-refractivity contribution < 1.29 is 22.7 Å². The lowest BCUT2D eigenvalue weighted by molar-refractivity contribution is 0.138. The monoisotopic (exact) mass is 564 g/mol. The molecule has 1 amide bonds. The van der Waals surface area contributed by atoms with Gasteiger partial charge in [0.25, 0.3) is 10.0 Å². The molecule has 0 aromatic heterocycles. The van der Waals surface area contributed by atoms with Gasteiger partial charge in [-0.2, -0.15) is 0 Å². The van der Waals surface area contributed by atoms with Gasteiger partial charge in [0, 0.05) is 13.0 Å². The van der Waals surface area contributed by atoms with Crippen molar-refractivity contribution in [3.8, 4) is 11.1 Å². The van der Waals surface area contributed by atoms with E-state index in [4.69, 9.17) is 21.7 Å². The number of rotatable bonds is 9. The van der Waals surface area contributed by atoms with Crippen LogP contribution in [0, 0.1) is 12.8 Å². The third kappa shape index (κ3) is 5.99. The number of carbonyl (C=O) groups is 1. The number of aryl methyl sites for hydroxylation is 1. The molecule has 1 atom stereocenters. The smallest absolute Gasteiger partial charge is 0.407 e. The molecule has 39 heavy (non-hydrogen) atoms. The minimum atomic E-state index is -3.90. The highest BCUT2D eigenvalue weighted by Gasteiger charge is 2.31. The Balaban J connectivity index is 1.39. The van der Waals surface area contributed by atoms with Crippen molar-refractivity contribution in [2.75, 3.05) is 13.7 Å². The number of carbonyl (C=O) groups excluding carboxylic acids is 1. The Labute approximate surface area is 235 Å². The lowest BCUT2D eigenvalue weighted by Gasteiger charge is -2.26. The summed E-state index contributed by atoms with van der Waals surface area (Å²) < 4.78 is 38.2. The highest BCUT2D eigenvalue weighted by molar-refractivity contribution is 7.89. The van der Waals surface area contributed by atoms with Crippen LogP contribution in [0.25, 0.3) is 11.1 Å². The molecule has 0 spiro atoms. The summed E-state index contributed by atoms with van der Waals surface area (Å²) in [6.07, 6.45) is -0.646. The number of hydrogen-bond acceptors (Lipinski definition) is 6. The molecule has 0 radical (unpaired) electrons. The number of amides is 1. The minimum Gasteiger partial charge on any atom is -0.449 e. The molecular formula is C30H32N2O5S2. The van der Waals surface area contributed by atoms with Crippen molar-refractivity contribution in [3.05, 3.63) is 102 Å². The highest BCUT2D eigenvalue weighted by atomic mass is 32.2. The van der Waals surface area contributed by atoms with Gasteiger partial charge in [-0.05, 0) is 66.0 Å². The van der Waals surface area contributed by atoms with Crippen LogP contribution >= 0.6 is 12.2 Å². The first-order valence-corrected chi connectivity index (χ1v) is 14.4. The van der Waals surface area contributed by atoms with Crippen LogP contribution in [0.1, 0.15) is 36.5 Å². The number of alkyl carbamates (subject to hydrolysis) is 1. The van der Waals surface area contributed by atoms with E-state index in [0.717, 1.165) is 32.1 Å². The normalized spacial score (nSPS) is 13.3. The molecule has 0 fully saturated rings. The van der Waals surface area contributed by atoms with Crippen molar-refractivity contribution in [3.63, 3.8) is 0 Å². The molecule has 204 valence electrons. The molecule has 9 heteroatoms. The molecule has 3 aromatic carbocycles. The van der Waals surface area contributed by atoms with E-state index in [2.05, 4.69) is 24.0 Å². The van der Waals surface area contributed by atoms with Crippen LogP contribution in [0.3, 0.4) is 0 Å². The van der Waals surface area contributed by atoms with Crippen LogP contribution in [0.2, 0.25) is 0 Å². The first kappa shape index (κ1) is 28.3. The molecule has 4 rings (SSSR count). The Bertz CT molecular complexity index is 1450. The van der Waals surface area contributed by atoms with Crippen LogP contribution in [-0.4, -0.2) is 43.6 Å². The Morgan fingerprint density at radius 3 is 2.08 bits per heavy atom. The van der Waals surface area contributed by atoms with Gasteiger partial charge in [0.1, 0.15) is 12.6 Å². The second-order valence-electron chi connectivity index (χ2n) is 9.79. The van der Waals surface area contributed by atoms with Gasteiger partial charge in [0.05, 0.1) is 4.90 Å². The van der Waals surface area contributed by atoms with Crippen LogP contribution in [0.4, 0.5) is 4.79 Å². The van der Waals surface area contributed by atoms with Crippen molar-refractivity contribution >= 4 is 33.4 Å². The van der Waals surface area contributed by atoms with Gasteiger partial charge in [-0.25, -0.2) is 17.5 Å². The van der Waals surface area contributed by atoms with Crippen LogP contribution in [0.15, 0.2) is 90.2 Å². The number of nitrogens with one attached hydrogen (secondary N) is 1. The van der Waals surface area contributed by atoms with Crippen molar-refractivity contribution in [1.29, 1.82) is 0 Å². The molecule has 1 unspecified atom stereocenters. The van der Waals surface area contributed by atoms with Gasteiger partial charge in [-0.1, -0.05) is 80.1 Å². The molecule has 1 aliphatic rings. The molecule has 3 aromatic rings. The number of fused-ring (bicyclic) bond motifs is 3. The topological polar surface area (TPSA) is 84.9 Å². The molecule has 0 saturated carbocycles. The molecule has 7 nitrogen and oxygen atoms in total. The number of nitrogens with zero attached hydrogens (tertiary/aromatic N) is 1. The Kier molecular flexibility index (Phi) is 8.42. The first-order chi connectivity index (χ1) is 18.5. The second-order valence-corrected chi connectivity index (χ2v) is 12.2. The lowest BCUT2D eigenvalue weighted by Crippen LogP contribution is -2.45. The third-order valence-corrected chi connectivity index (χ3v) is 8.92. The molecule has 1 aliphatic carbocycles. The number of sulfonamides is 1. The van der Waals surface area contributed by atoms with Gasteiger partial charge < -0.3 is 14.8 Å². The van der Waals surface area contributed by atoms with Crippen LogP contribution < -0.4 is 5.32 Å². The standard InChI is InChI=1S/C30H32N2O5S2/c1-19(2)28(29(38)37-21(4)32(5)39(34,35)22-16-14-20(3)15-17-22)31-30(33)36-18-27-25-12-8-6-10-23(25)24-11-7-9-13-26(24)27/h6-17,19,27-28H,4,18H2,1-3,5H3,(H,31,33). The minimum absolute atomic E-state index is 0.0190. The van der Waals surface area contributed by atoms with Gasteiger partial charge in [0.15, 0.2) is 5.05 Å². The Morgan fingerprint density at radius 2 is 1.54 bits per heavy atom. The summed E-state index contributed by atoms with van der Waals surface area (Å²) in [7, 11) is -2.56. The zero-order valence-corrected chi connectivity index (χ0v) is 24.0. The Hall–Kier alpha value is -3.69. The van der Waals surface area contributed by atoms with Crippen LogP contribution in [0.5, 0.6) is 0 Å². The number of ether oxygens (including phenoxy) is 2. The highest BCUT2D eigenvalue weighted by Crippen LogP contribution is 2.44. The lowest BCUT2D eigenvalue weighted by atomic mass is 9.98. The van der Waals surface area contributed by atoms with Crippen molar-refractivity contribution in [1.82, 2.24) is 9.62 Å². The van der Waals surface area contributed by atoms with E-state index in [1.54, 1.807) is 12.1 Å². The van der Waals surface area contributed by atoms with E-state index in [9.17, 15) is 13.2 Å². The van der Waals surface area contributed by atoms with Gasteiger partial charge in [0.2, 0.25) is 5.88 Å². The number of benzene rings is 3. The summed E-state index contributed by atoms with van der Waals surface area (Å²) in [5.41, 5.74) is 5.44. The first-order valence-electron chi connectivity index (χ1n) is 12.6. The molecule has 0 aliphatic heterocycles. The predicted octanol–water partition coefficient (Wildman–Crippen LogP) is 5.99. The van der Waals surface area contributed by atoms with E-state index in [1.165, 1.54) is 19.2 Å². The predicted molar refractivity (Wildman–Crippen MR) is 156 cm³/mol. The van der Waals surface area contributed by atoms with E-state index >= 15 is 0 Å². The molecular weight excluding hydrogens is 532 g/mol. The van der Waals surface area contributed by atoms with E-state index < -0.39 is 22.2 Å². The van der Waals surface area contributed by atoms with Gasteiger partial charge >= 0.3 is 6.09 Å².